The predicted octanol–water partition coefficient (Wildman–Crippen LogP) is 8.66. The second kappa shape index (κ2) is 26.4. The van der Waals surface area contributed by atoms with E-state index in [1.54, 1.807) is 6.92 Å². The maximum absolute atomic E-state index is 9.08. The molecule has 1 fully saturated rings. The predicted molar refractivity (Wildman–Crippen MR) is 261 cm³/mol. The zero-order chi connectivity index (χ0) is 45.0. The third kappa shape index (κ3) is 15.1. The Morgan fingerprint density at radius 3 is 1.71 bits per heavy atom. The van der Waals surface area contributed by atoms with Crippen molar-refractivity contribution in [2.75, 3.05) is 38.1 Å². The number of aromatic amines is 1. The second-order valence-electron chi connectivity index (χ2n) is 11.9. The van der Waals surface area contributed by atoms with E-state index in [1.165, 1.54) is 0 Å². The number of piperazine rings is 1. The number of nitrogens with one attached hydrogen (secondary N) is 2. The van der Waals surface area contributed by atoms with Crippen LogP contribution in [-0.2, 0) is 7.05 Å². The lowest BCUT2D eigenvalue weighted by atomic mass is 9.95. The van der Waals surface area contributed by atoms with Crippen LogP contribution in [-0.4, -0.2) is 63.0 Å². The molecule has 4 heterocycles. The molecule has 1 aromatic carbocycles. The minimum absolute atomic E-state index is 0. The highest BCUT2D eigenvalue weighted by Gasteiger charge is 2.23. The summed E-state index contributed by atoms with van der Waals surface area (Å²) in [6.07, 6.45) is 4.90. The standard InChI is InChI=1S/C23H29N7O.C23H4.HN7O.12H2/c1-13-20(15(3)29(6)26-13)18-11-17(21-14(2)27-31-16(21)4)12-19-22(18)25-23(24-19)30-9-7-28(5)8-10-30;1-3-5-7-9-11-13-15-17-19-21-23-22-20-18-16-14-12-10-8-6-4-2;1-2-3-4-5-6-7-8;;;;;;;;;;;;/h11-12H,7-10H2,1-6H3,(H,24,25);1H,2H3;1H;12*1H/b;;2-1?,4-3+,6-5+;;;;;;;;;;;;. The van der Waals surface area contributed by atoms with Gasteiger partial charge in [-0.15, -0.1) is 11.3 Å². The largest absolute Gasteiger partial charge is 0.361 e. The van der Waals surface area contributed by atoms with E-state index in [-0.39, 0.29) is 17.1 Å². The average Bonchev–Trinajstić information content (AvgIpc) is 3.93. The number of nitrogens with zero attached hydrogens (tertiary/aromatic N) is 12. The van der Waals surface area contributed by atoms with Crippen LogP contribution >= 0.6 is 0 Å². The summed E-state index contributed by atoms with van der Waals surface area (Å²) in [5.41, 5.74) is 15.3. The fourth-order valence-electron chi connectivity index (χ4n) is 5.37. The number of likely N-dealkylation sites (N-methyl/N-ethyl adjacent to an activating group) is 1. The van der Waals surface area contributed by atoms with Gasteiger partial charge >= 0.3 is 0 Å². The van der Waals surface area contributed by atoms with Gasteiger partial charge in [-0.2, -0.15) is 10.6 Å². The van der Waals surface area contributed by atoms with Crippen molar-refractivity contribution >= 4 is 17.0 Å². The number of terminal acetylenes is 1. The summed E-state index contributed by atoms with van der Waals surface area (Å²) >= 11 is 0. The zero-order valence-corrected chi connectivity index (χ0v) is 34.7. The lowest BCUT2D eigenvalue weighted by molar-refractivity contribution is 0.311. The van der Waals surface area contributed by atoms with Crippen molar-refractivity contribution in [3.63, 3.8) is 0 Å². The van der Waals surface area contributed by atoms with Crippen LogP contribution in [0.15, 0.2) is 48.1 Å². The molecule has 0 unspecified atom stereocenters. The Hall–Kier alpha value is -9.57. The average molecular weight is 839 g/mol. The van der Waals surface area contributed by atoms with Gasteiger partial charge < -0.3 is 19.3 Å². The molecular weight excluding hydrogens is 781 g/mol. The number of imidazole rings is 1. The van der Waals surface area contributed by atoms with Crippen LogP contribution in [0.3, 0.4) is 0 Å². The third-order valence-corrected chi connectivity index (χ3v) is 8.00. The fourth-order valence-corrected chi connectivity index (χ4v) is 5.37. The van der Waals surface area contributed by atoms with Gasteiger partial charge in [-0.1, -0.05) is 11.1 Å². The monoisotopic (exact) mass is 838 g/mol. The quantitative estimate of drug-likeness (QED) is 0.0839. The highest BCUT2D eigenvalue weighted by atomic mass is 16.5. The zero-order valence-electron chi connectivity index (χ0n) is 34.7. The normalized spacial score (nSPS) is 10.5. The molecule has 0 radical (unpaired) electrons. The molecule has 16 nitrogen and oxygen atoms in total. The Morgan fingerprint density at radius 1 is 0.726 bits per heavy atom. The Labute approximate surface area is 377 Å². The van der Waals surface area contributed by atoms with Gasteiger partial charge in [0.1, 0.15) is 11.0 Å². The number of nitroso groups, excluding NO2 is 1. The van der Waals surface area contributed by atoms with Crippen LogP contribution in [0.5, 0.6) is 0 Å². The number of hydrogen-bond acceptors (Lipinski definition) is 8. The van der Waals surface area contributed by atoms with Gasteiger partial charge in [0, 0.05) is 107 Å². The van der Waals surface area contributed by atoms with E-state index in [0.29, 0.717) is 0 Å². The van der Waals surface area contributed by atoms with Crippen molar-refractivity contribution in [3.8, 4) is 153 Å². The van der Waals surface area contributed by atoms with E-state index in [1.807, 2.05) is 30.9 Å². The molecule has 1 aliphatic rings. The molecule has 5 rings (SSSR count). The third-order valence-electron chi connectivity index (χ3n) is 8.00. The van der Waals surface area contributed by atoms with Crippen molar-refractivity contribution in [1.29, 1.82) is 5.53 Å². The molecule has 1 saturated heterocycles. The summed E-state index contributed by atoms with van der Waals surface area (Å²) in [6, 6.07) is 4.37. The first-order valence-corrected chi connectivity index (χ1v) is 17.9. The Balaban J connectivity index is -0.000000108. The molecule has 3 aromatic heterocycles. The molecule has 0 bridgehead atoms. The lowest BCUT2D eigenvalue weighted by Gasteiger charge is -2.32. The molecule has 0 spiro atoms. The molecule has 16 heteroatoms. The highest BCUT2D eigenvalue weighted by Crippen LogP contribution is 2.38. The summed E-state index contributed by atoms with van der Waals surface area (Å²) in [5.74, 6) is 53.7. The van der Waals surface area contributed by atoms with Gasteiger partial charge in [0.25, 0.3) is 0 Å². The minimum atomic E-state index is 0. The van der Waals surface area contributed by atoms with Gasteiger partial charge in [-0.3, -0.25) is 4.68 Å². The number of aryl methyl sites for hydroxylation is 4. The van der Waals surface area contributed by atoms with Crippen molar-refractivity contribution in [3.05, 3.63) is 39.9 Å². The molecule has 0 aliphatic carbocycles. The number of benzene rings is 1. The van der Waals surface area contributed by atoms with Gasteiger partial charge in [0.05, 0.1) is 22.4 Å². The molecule has 0 saturated carbocycles. The van der Waals surface area contributed by atoms with Crippen LogP contribution in [0.1, 0.15) is 46.9 Å². The van der Waals surface area contributed by atoms with Crippen LogP contribution in [0.4, 0.5) is 5.95 Å². The Morgan fingerprint density at radius 2 is 1.26 bits per heavy atom. The van der Waals surface area contributed by atoms with E-state index < -0.39 is 0 Å². The minimum Gasteiger partial charge on any atom is -0.361 e. The smallest absolute Gasteiger partial charge is 0.203 e. The van der Waals surface area contributed by atoms with Gasteiger partial charge in [-0.05, 0) is 170 Å². The SMILES string of the molecule is C#CC#CC#CC#CC#CC#CC#CC#CC#CC#CC#CC.Cc1noc(C)c1-c1cc(-c2c(C)nn(C)c2C)c2nc(N3CCN(C)CC3)[nH]c2c1.N=N/N=N/N=N/N=O.[HH].[HH].[HH].[HH].[HH].[HH].[HH].[HH].[HH].[HH].[HH].[HH]. The fraction of sp³-hybridized carbons (Fsp3) is 0.239. The molecule has 0 atom stereocenters. The molecule has 0 amide bonds. The molecule has 324 valence electrons. The number of hydrogen-bond donors (Lipinski definition) is 2. The summed E-state index contributed by atoms with van der Waals surface area (Å²) in [6.45, 7) is 13.8. The topological polar surface area (TPSA) is 194 Å². The van der Waals surface area contributed by atoms with Gasteiger partial charge in [0.15, 0.2) is 0 Å². The molecular formula is C46H58N14O2. The number of fused-ring (bicyclic) bond motifs is 1. The van der Waals surface area contributed by atoms with Crippen molar-refractivity contribution < 1.29 is 21.6 Å². The summed E-state index contributed by atoms with van der Waals surface area (Å²) in [5, 5.41) is 23.8. The molecule has 4 aromatic rings. The lowest BCUT2D eigenvalue weighted by Crippen LogP contribution is -2.44. The van der Waals surface area contributed by atoms with Crippen molar-refractivity contribution in [2.24, 2.45) is 38.4 Å². The van der Waals surface area contributed by atoms with Crippen LogP contribution < -0.4 is 4.90 Å². The van der Waals surface area contributed by atoms with Gasteiger partial charge in [-0.25, -0.2) is 4.98 Å². The maximum Gasteiger partial charge on any atom is 0.203 e. The van der Waals surface area contributed by atoms with E-state index in [2.05, 4.69) is 209 Å². The molecule has 62 heavy (non-hydrogen) atoms. The van der Waals surface area contributed by atoms with E-state index >= 15 is 0 Å². The maximum atomic E-state index is 9.08. The summed E-state index contributed by atoms with van der Waals surface area (Å²) < 4.78 is 7.40. The number of rotatable bonds is 6. The number of anilines is 1. The van der Waals surface area contributed by atoms with Crippen LogP contribution in [0.25, 0.3) is 33.3 Å². The van der Waals surface area contributed by atoms with E-state index in [4.69, 9.17) is 26.4 Å². The first kappa shape index (κ1) is 46.8. The summed E-state index contributed by atoms with van der Waals surface area (Å²) in [7, 11) is 4.15. The highest BCUT2D eigenvalue weighted by molar-refractivity contribution is 5.98. The molecule has 1 aliphatic heterocycles. The number of H-pyrrole nitrogens is 1. The molecule has 2 N–H and O–H groups in total. The number of aromatic nitrogens is 5. The van der Waals surface area contributed by atoms with Crippen molar-refractivity contribution in [2.45, 2.75) is 34.6 Å². The Kier molecular flexibility index (Phi) is 19.9. The van der Waals surface area contributed by atoms with E-state index in [9.17, 15) is 0 Å². The van der Waals surface area contributed by atoms with Gasteiger partial charge in [0.2, 0.25) is 5.95 Å². The van der Waals surface area contributed by atoms with Crippen molar-refractivity contribution in [1.82, 2.24) is 29.8 Å². The Bertz CT molecular complexity index is 3090. The van der Waals surface area contributed by atoms with E-state index in [0.717, 1.165) is 88.3 Å². The first-order valence-electron chi connectivity index (χ1n) is 17.9. The van der Waals surface area contributed by atoms with Crippen LogP contribution in [0, 0.1) is 169 Å². The first-order chi connectivity index (χ1) is 30.2. The summed E-state index contributed by atoms with van der Waals surface area (Å²) in [4.78, 5) is 22.4. The van der Waals surface area contributed by atoms with Crippen LogP contribution in [0.2, 0.25) is 0 Å². The second-order valence-corrected chi connectivity index (χ2v) is 11.9.